The fourth-order valence-electron chi connectivity index (χ4n) is 1.96. The number of anilines is 1. The number of halogens is 1. The molecule has 0 aliphatic carbocycles. The fraction of sp³-hybridized carbons (Fsp3) is 0.111. The van der Waals surface area contributed by atoms with Crippen LogP contribution in [0.15, 0.2) is 48.5 Å². The summed E-state index contributed by atoms with van der Waals surface area (Å²) in [5, 5.41) is 13.0. The highest BCUT2D eigenvalue weighted by atomic mass is 35.5. The van der Waals surface area contributed by atoms with Gasteiger partial charge in [0.15, 0.2) is 0 Å². The van der Waals surface area contributed by atoms with Crippen LogP contribution < -0.4 is 5.32 Å². The summed E-state index contributed by atoms with van der Waals surface area (Å²) >= 11 is 5.76. The summed E-state index contributed by atoms with van der Waals surface area (Å²) in [6, 6.07) is 11.7. The summed E-state index contributed by atoms with van der Waals surface area (Å²) < 4.78 is 0. The monoisotopic (exact) mass is 329 g/mol. The third kappa shape index (κ3) is 4.20. The van der Waals surface area contributed by atoms with Gasteiger partial charge in [0, 0.05) is 22.3 Å². The molecule has 0 bridgehead atoms. The number of carbonyl (C=O) groups is 2. The number of carbonyl (C=O) groups excluding carboxylic acids is 2. The van der Waals surface area contributed by atoms with Crippen LogP contribution in [0.5, 0.6) is 0 Å². The van der Waals surface area contributed by atoms with E-state index in [1.165, 1.54) is 0 Å². The van der Waals surface area contributed by atoms with E-state index in [4.69, 9.17) is 11.6 Å². The first-order valence-corrected chi connectivity index (χ1v) is 7.34. The Balaban J connectivity index is 2.13. The van der Waals surface area contributed by atoms with Gasteiger partial charge in [0.2, 0.25) is 5.78 Å². The molecule has 0 spiro atoms. The molecule has 0 fully saturated rings. The Morgan fingerprint density at radius 1 is 1.09 bits per heavy atom. The van der Waals surface area contributed by atoms with Gasteiger partial charge in [-0.15, -0.1) is 0 Å². The lowest BCUT2D eigenvalue weighted by Gasteiger charge is -2.09. The first kappa shape index (κ1) is 16.8. The van der Waals surface area contributed by atoms with E-state index in [1.54, 1.807) is 36.4 Å². The van der Waals surface area contributed by atoms with E-state index in [0.29, 0.717) is 16.3 Å². The maximum Gasteiger partial charge on any atom is 0.296 e. The fourth-order valence-corrected chi connectivity index (χ4v) is 2.09. The number of nitrogens with one attached hydrogen (secondary N) is 1. The molecule has 2 N–H and O–H groups in total. The molecule has 0 saturated heterocycles. The standard InChI is InChI=1S/C18H16ClNO3/c1-11-4-3-5-15(12(11)2)20-18(23)17(22)10-16(21)13-6-8-14(19)9-7-13/h3-10,21H,1-2H3,(H,20,23)/b16-10-. The van der Waals surface area contributed by atoms with E-state index in [0.717, 1.165) is 17.2 Å². The number of benzene rings is 2. The van der Waals surface area contributed by atoms with Crippen LogP contribution in [-0.2, 0) is 9.59 Å². The lowest BCUT2D eigenvalue weighted by molar-refractivity contribution is -0.131. The van der Waals surface area contributed by atoms with Crippen molar-refractivity contribution in [3.8, 4) is 0 Å². The molecule has 5 heteroatoms. The Hall–Kier alpha value is -2.59. The van der Waals surface area contributed by atoms with Gasteiger partial charge in [-0.25, -0.2) is 0 Å². The Labute approximate surface area is 139 Å². The molecule has 118 valence electrons. The Kier molecular flexibility index (Phi) is 5.19. The average Bonchev–Trinajstić information content (AvgIpc) is 2.52. The third-order valence-electron chi connectivity index (χ3n) is 3.48. The van der Waals surface area contributed by atoms with Crippen molar-refractivity contribution < 1.29 is 14.7 Å². The molecular weight excluding hydrogens is 314 g/mol. The molecule has 0 unspecified atom stereocenters. The van der Waals surface area contributed by atoms with Gasteiger partial charge in [-0.3, -0.25) is 9.59 Å². The molecule has 0 aliphatic rings. The summed E-state index contributed by atoms with van der Waals surface area (Å²) in [5.74, 6) is -1.93. The van der Waals surface area contributed by atoms with Gasteiger partial charge in [-0.1, -0.05) is 23.7 Å². The number of hydrogen-bond acceptors (Lipinski definition) is 3. The van der Waals surface area contributed by atoms with Gasteiger partial charge in [0.05, 0.1) is 0 Å². The second kappa shape index (κ2) is 7.11. The van der Waals surface area contributed by atoms with Crippen molar-refractivity contribution in [2.24, 2.45) is 0 Å². The number of aryl methyl sites for hydroxylation is 1. The molecule has 0 heterocycles. The van der Waals surface area contributed by atoms with Gasteiger partial charge in [-0.2, -0.15) is 0 Å². The maximum absolute atomic E-state index is 12.0. The number of aliphatic hydroxyl groups is 1. The van der Waals surface area contributed by atoms with Crippen molar-refractivity contribution in [2.45, 2.75) is 13.8 Å². The molecule has 4 nitrogen and oxygen atoms in total. The van der Waals surface area contributed by atoms with Crippen LogP contribution in [0.4, 0.5) is 5.69 Å². The van der Waals surface area contributed by atoms with Crippen LogP contribution in [0.1, 0.15) is 16.7 Å². The zero-order valence-electron chi connectivity index (χ0n) is 12.8. The first-order chi connectivity index (χ1) is 10.9. The van der Waals surface area contributed by atoms with Crippen LogP contribution in [0, 0.1) is 13.8 Å². The zero-order chi connectivity index (χ0) is 17.0. The van der Waals surface area contributed by atoms with E-state index in [2.05, 4.69) is 5.32 Å². The molecule has 1 amide bonds. The van der Waals surface area contributed by atoms with E-state index in [9.17, 15) is 14.7 Å². The smallest absolute Gasteiger partial charge is 0.296 e. The number of rotatable bonds is 4. The number of ketones is 1. The maximum atomic E-state index is 12.0. The highest BCUT2D eigenvalue weighted by molar-refractivity contribution is 6.45. The molecule has 0 aromatic heterocycles. The molecule has 0 aliphatic heterocycles. The lowest BCUT2D eigenvalue weighted by Crippen LogP contribution is -2.21. The normalized spacial score (nSPS) is 11.2. The van der Waals surface area contributed by atoms with Crippen molar-refractivity contribution >= 4 is 34.7 Å². The van der Waals surface area contributed by atoms with Crippen molar-refractivity contribution in [3.05, 3.63) is 70.3 Å². The van der Waals surface area contributed by atoms with Crippen molar-refractivity contribution in [1.82, 2.24) is 0 Å². The van der Waals surface area contributed by atoms with Gasteiger partial charge < -0.3 is 10.4 Å². The van der Waals surface area contributed by atoms with Crippen LogP contribution in [0.25, 0.3) is 5.76 Å². The number of aliphatic hydroxyl groups excluding tert-OH is 1. The van der Waals surface area contributed by atoms with Gasteiger partial charge in [0.1, 0.15) is 5.76 Å². The number of hydrogen-bond donors (Lipinski definition) is 2. The minimum Gasteiger partial charge on any atom is -0.507 e. The quantitative estimate of drug-likeness (QED) is 0.505. The SMILES string of the molecule is Cc1cccc(NC(=O)C(=O)/C=C(\O)c2ccc(Cl)cc2)c1C. The largest absolute Gasteiger partial charge is 0.507 e. The average molecular weight is 330 g/mol. The van der Waals surface area contributed by atoms with Crippen molar-refractivity contribution in [3.63, 3.8) is 0 Å². The second-order valence-electron chi connectivity index (χ2n) is 5.10. The topological polar surface area (TPSA) is 66.4 Å². The summed E-state index contributed by atoms with van der Waals surface area (Å²) in [5.41, 5.74) is 2.87. The Morgan fingerprint density at radius 2 is 1.74 bits per heavy atom. The molecule has 2 rings (SSSR count). The van der Waals surface area contributed by atoms with E-state index in [1.807, 2.05) is 19.9 Å². The Bertz CT molecular complexity index is 779. The Morgan fingerprint density at radius 3 is 2.39 bits per heavy atom. The summed E-state index contributed by atoms with van der Waals surface area (Å²) in [6.45, 7) is 3.77. The van der Waals surface area contributed by atoms with E-state index >= 15 is 0 Å². The molecule has 0 radical (unpaired) electrons. The second-order valence-corrected chi connectivity index (χ2v) is 5.54. The van der Waals surface area contributed by atoms with E-state index in [-0.39, 0.29) is 5.76 Å². The summed E-state index contributed by atoms with van der Waals surface area (Å²) in [6.07, 6.45) is 0.893. The van der Waals surface area contributed by atoms with Gasteiger partial charge >= 0.3 is 0 Å². The summed E-state index contributed by atoms with van der Waals surface area (Å²) in [4.78, 5) is 23.9. The molecule has 2 aromatic rings. The van der Waals surface area contributed by atoms with Crippen LogP contribution in [0.3, 0.4) is 0 Å². The van der Waals surface area contributed by atoms with Crippen LogP contribution in [-0.4, -0.2) is 16.8 Å². The minimum atomic E-state index is -0.835. The molecule has 0 saturated carbocycles. The van der Waals surface area contributed by atoms with Gasteiger partial charge in [0.25, 0.3) is 5.91 Å². The van der Waals surface area contributed by atoms with Gasteiger partial charge in [-0.05, 0) is 55.3 Å². The van der Waals surface area contributed by atoms with Crippen LogP contribution >= 0.6 is 11.6 Å². The zero-order valence-corrected chi connectivity index (χ0v) is 13.5. The van der Waals surface area contributed by atoms with E-state index < -0.39 is 11.7 Å². The van der Waals surface area contributed by atoms with Crippen molar-refractivity contribution in [2.75, 3.05) is 5.32 Å². The highest BCUT2D eigenvalue weighted by Gasteiger charge is 2.14. The predicted octanol–water partition coefficient (Wildman–Crippen LogP) is 4.06. The molecular formula is C18H16ClNO3. The van der Waals surface area contributed by atoms with Crippen molar-refractivity contribution in [1.29, 1.82) is 0 Å². The van der Waals surface area contributed by atoms with Crippen LogP contribution in [0.2, 0.25) is 5.02 Å². The first-order valence-electron chi connectivity index (χ1n) is 6.96. The lowest BCUT2D eigenvalue weighted by atomic mass is 10.1. The minimum absolute atomic E-state index is 0.289. The molecule has 0 atom stereocenters. The molecule has 23 heavy (non-hydrogen) atoms. The predicted molar refractivity (Wildman–Crippen MR) is 91.6 cm³/mol. The molecule has 2 aromatic carbocycles. The third-order valence-corrected chi connectivity index (χ3v) is 3.74. The number of amides is 1. The highest BCUT2D eigenvalue weighted by Crippen LogP contribution is 2.18. The summed E-state index contributed by atoms with van der Waals surface area (Å²) in [7, 11) is 0.